The quantitative estimate of drug-likeness (QED) is 0.463. The van der Waals surface area contributed by atoms with Gasteiger partial charge in [-0.05, 0) is 17.7 Å². The lowest BCUT2D eigenvalue weighted by Crippen LogP contribution is -2.00. The van der Waals surface area contributed by atoms with E-state index in [0.717, 1.165) is 38.9 Å². The fraction of sp³-hybridized carbons (Fsp3) is 0.0455. The van der Waals surface area contributed by atoms with Crippen LogP contribution in [-0.4, -0.2) is 15.0 Å². The molecule has 0 amide bonds. The summed E-state index contributed by atoms with van der Waals surface area (Å²) in [5, 5.41) is 2.27. The first kappa shape index (κ1) is 14.8. The second-order valence-electron chi connectivity index (χ2n) is 6.20. The molecule has 0 bridgehead atoms. The van der Waals surface area contributed by atoms with E-state index in [0.29, 0.717) is 12.2 Å². The van der Waals surface area contributed by atoms with Crippen molar-refractivity contribution in [3.05, 3.63) is 90.5 Å². The van der Waals surface area contributed by atoms with Crippen LogP contribution in [0.4, 0.5) is 0 Å². The van der Waals surface area contributed by atoms with Gasteiger partial charge in [-0.1, -0.05) is 60.7 Å². The minimum atomic E-state index is 0.634. The molecule has 2 heterocycles. The minimum Gasteiger partial charge on any atom is -0.456 e. The predicted molar refractivity (Wildman–Crippen MR) is 102 cm³/mol. The largest absolute Gasteiger partial charge is 0.456 e. The molecule has 0 unspecified atom stereocenters. The Morgan fingerprint density at radius 1 is 0.731 bits per heavy atom. The Kier molecular flexibility index (Phi) is 3.46. The van der Waals surface area contributed by atoms with Gasteiger partial charge in [-0.15, -0.1) is 0 Å². The van der Waals surface area contributed by atoms with E-state index in [1.807, 2.05) is 48.5 Å². The van der Waals surface area contributed by atoms with Crippen LogP contribution in [-0.2, 0) is 6.42 Å². The average molecular weight is 337 g/mol. The Morgan fingerprint density at radius 2 is 1.54 bits per heavy atom. The Hall–Kier alpha value is -3.53. The Morgan fingerprint density at radius 3 is 2.46 bits per heavy atom. The zero-order chi connectivity index (χ0) is 17.3. The van der Waals surface area contributed by atoms with Crippen molar-refractivity contribution in [1.82, 2.24) is 15.0 Å². The van der Waals surface area contributed by atoms with Gasteiger partial charge in [0.1, 0.15) is 23.3 Å². The van der Waals surface area contributed by atoms with Gasteiger partial charge in [-0.2, -0.15) is 0 Å². The van der Waals surface area contributed by atoms with Crippen LogP contribution in [0.15, 0.2) is 83.5 Å². The van der Waals surface area contributed by atoms with Crippen LogP contribution >= 0.6 is 0 Å². The van der Waals surface area contributed by atoms with Crippen molar-refractivity contribution in [2.45, 2.75) is 6.42 Å². The third-order valence-corrected chi connectivity index (χ3v) is 4.46. The molecule has 0 saturated carbocycles. The van der Waals surface area contributed by atoms with E-state index in [2.05, 4.69) is 39.2 Å². The third kappa shape index (κ3) is 2.62. The van der Waals surface area contributed by atoms with Crippen LogP contribution in [0.5, 0.6) is 0 Å². The van der Waals surface area contributed by atoms with E-state index < -0.39 is 0 Å². The van der Waals surface area contributed by atoms with Crippen molar-refractivity contribution in [3.8, 4) is 11.4 Å². The fourth-order valence-corrected chi connectivity index (χ4v) is 3.20. The molecule has 0 aliphatic rings. The molecule has 0 aliphatic heterocycles. The molecule has 0 N–H and O–H groups in total. The Balaban J connectivity index is 1.50. The van der Waals surface area contributed by atoms with E-state index in [1.54, 1.807) is 6.33 Å². The number of aromatic nitrogens is 3. The molecule has 0 radical (unpaired) electrons. The summed E-state index contributed by atoms with van der Waals surface area (Å²) in [5.41, 5.74) is 3.90. The maximum Gasteiger partial charge on any atom is 0.163 e. The summed E-state index contributed by atoms with van der Waals surface area (Å²) in [5.74, 6) is 1.44. The van der Waals surface area contributed by atoms with Crippen molar-refractivity contribution in [2.75, 3.05) is 0 Å². The topological polar surface area (TPSA) is 51.8 Å². The molecule has 4 nitrogen and oxygen atoms in total. The molecule has 0 atom stereocenters. The number of hydrogen-bond acceptors (Lipinski definition) is 4. The monoisotopic (exact) mass is 337 g/mol. The first-order valence-electron chi connectivity index (χ1n) is 8.50. The second kappa shape index (κ2) is 6.08. The standard InChI is InChI=1S/C22H15N3O/c1-2-6-16(7-3-1)22-24-14-23-21(25-22)13-15-10-11-18-17-8-4-5-9-19(17)26-20(18)12-15/h1-12,14H,13H2. The number of nitrogens with zero attached hydrogens (tertiary/aromatic N) is 3. The number of hydrogen-bond donors (Lipinski definition) is 0. The summed E-state index contributed by atoms with van der Waals surface area (Å²) < 4.78 is 5.97. The molecule has 0 saturated heterocycles. The molecule has 3 aromatic carbocycles. The van der Waals surface area contributed by atoms with Crippen LogP contribution < -0.4 is 0 Å². The van der Waals surface area contributed by atoms with E-state index in [1.165, 1.54) is 0 Å². The minimum absolute atomic E-state index is 0.634. The van der Waals surface area contributed by atoms with Gasteiger partial charge >= 0.3 is 0 Å². The first-order chi connectivity index (χ1) is 12.9. The van der Waals surface area contributed by atoms with Crippen molar-refractivity contribution in [1.29, 1.82) is 0 Å². The molecule has 2 aromatic heterocycles. The van der Waals surface area contributed by atoms with E-state index in [4.69, 9.17) is 4.42 Å². The highest BCUT2D eigenvalue weighted by Crippen LogP contribution is 2.29. The molecular weight excluding hydrogens is 322 g/mol. The second-order valence-corrected chi connectivity index (χ2v) is 6.20. The lowest BCUT2D eigenvalue weighted by molar-refractivity contribution is 0.668. The Labute approximate surface area is 150 Å². The average Bonchev–Trinajstić information content (AvgIpc) is 3.07. The highest BCUT2D eigenvalue weighted by Gasteiger charge is 2.09. The maximum atomic E-state index is 5.97. The molecule has 0 aliphatic carbocycles. The van der Waals surface area contributed by atoms with Gasteiger partial charge < -0.3 is 4.42 Å². The van der Waals surface area contributed by atoms with Crippen LogP contribution in [0, 0.1) is 0 Å². The number of benzene rings is 3. The normalized spacial score (nSPS) is 11.2. The van der Waals surface area contributed by atoms with Crippen molar-refractivity contribution in [2.24, 2.45) is 0 Å². The summed E-state index contributed by atoms with van der Waals surface area (Å²) in [6.45, 7) is 0. The van der Waals surface area contributed by atoms with Gasteiger partial charge in [-0.25, -0.2) is 15.0 Å². The highest BCUT2D eigenvalue weighted by molar-refractivity contribution is 6.04. The lowest BCUT2D eigenvalue weighted by Gasteiger charge is -2.03. The van der Waals surface area contributed by atoms with Crippen molar-refractivity contribution in [3.63, 3.8) is 0 Å². The molecule has 0 fully saturated rings. The molecule has 26 heavy (non-hydrogen) atoms. The molecule has 5 rings (SSSR count). The summed E-state index contributed by atoms with van der Waals surface area (Å²) in [6, 6.07) is 24.3. The van der Waals surface area contributed by atoms with E-state index in [9.17, 15) is 0 Å². The van der Waals surface area contributed by atoms with Gasteiger partial charge in [0.25, 0.3) is 0 Å². The fourth-order valence-electron chi connectivity index (χ4n) is 3.20. The third-order valence-electron chi connectivity index (χ3n) is 4.46. The summed E-state index contributed by atoms with van der Waals surface area (Å²) in [7, 11) is 0. The number of furan rings is 1. The molecule has 124 valence electrons. The van der Waals surface area contributed by atoms with E-state index >= 15 is 0 Å². The SMILES string of the molecule is c1ccc(-c2ncnc(Cc3ccc4c(c3)oc3ccccc34)n2)cc1. The number of fused-ring (bicyclic) bond motifs is 3. The summed E-state index contributed by atoms with van der Waals surface area (Å²) in [6.07, 6.45) is 2.21. The van der Waals surface area contributed by atoms with Gasteiger partial charge in [-0.3, -0.25) is 0 Å². The Bertz CT molecular complexity index is 1210. The van der Waals surface area contributed by atoms with Gasteiger partial charge in [0.15, 0.2) is 5.82 Å². The van der Waals surface area contributed by atoms with E-state index in [-0.39, 0.29) is 0 Å². The van der Waals surface area contributed by atoms with Gasteiger partial charge in [0.05, 0.1) is 0 Å². The number of para-hydroxylation sites is 1. The molecular formula is C22H15N3O. The predicted octanol–water partition coefficient (Wildman–Crippen LogP) is 5.03. The van der Waals surface area contributed by atoms with Crippen LogP contribution in [0.25, 0.3) is 33.3 Å². The molecule has 4 heteroatoms. The lowest BCUT2D eigenvalue weighted by atomic mass is 10.1. The van der Waals surface area contributed by atoms with Crippen LogP contribution in [0.2, 0.25) is 0 Å². The zero-order valence-electron chi connectivity index (χ0n) is 14.0. The molecule has 0 spiro atoms. The summed E-state index contributed by atoms with van der Waals surface area (Å²) >= 11 is 0. The smallest absolute Gasteiger partial charge is 0.163 e. The highest BCUT2D eigenvalue weighted by atomic mass is 16.3. The van der Waals surface area contributed by atoms with Crippen LogP contribution in [0.1, 0.15) is 11.4 Å². The van der Waals surface area contributed by atoms with Crippen molar-refractivity contribution >= 4 is 21.9 Å². The van der Waals surface area contributed by atoms with Gasteiger partial charge in [0, 0.05) is 22.8 Å². The first-order valence-corrected chi connectivity index (χ1v) is 8.50. The van der Waals surface area contributed by atoms with Gasteiger partial charge in [0.2, 0.25) is 0 Å². The zero-order valence-corrected chi connectivity index (χ0v) is 14.0. The van der Waals surface area contributed by atoms with Crippen LogP contribution in [0.3, 0.4) is 0 Å². The molecule has 5 aromatic rings. The van der Waals surface area contributed by atoms with Crippen molar-refractivity contribution < 1.29 is 4.42 Å². The number of rotatable bonds is 3. The maximum absolute atomic E-state index is 5.97. The summed E-state index contributed by atoms with van der Waals surface area (Å²) in [4.78, 5) is 13.2.